The number of hydrogen-bond donors (Lipinski definition) is 2. The number of amides is 2. The van der Waals surface area contributed by atoms with Gasteiger partial charge in [0, 0.05) is 0 Å². The van der Waals surface area contributed by atoms with Crippen molar-refractivity contribution in [3.8, 4) is 11.5 Å². The average molecular weight is 435 g/mol. The van der Waals surface area contributed by atoms with E-state index in [9.17, 15) is 9.59 Å². The fourth-order valence-corrected chi connectivity index (χ4v) is 3.12. The molecule has 0 bridgehead atoms. The third kappa shape index (κ3) is 6.00. The van der Waals surface area contributed by atoms with Crippen molar-refractivity contribution in [2.24, 2.45) is 0 Å². The second kappa shape index (κ2) is 10.2. The van der Waals surface area contributed by atoms with Crippen LogP contribution >= 0.6 is 0 Å². The standard InChI is InChI=1S/C26H30N2O4/c1-5-26(3,4)21-11-14-22(15-12-21)31-17-24(29)27-28-25(30)18(2)32-23-13-10-19-8-6-7-9-20(19)16-23/h6-16,18H,5,17H2,1-4H3,(H,27,29)(H,28,30). The second-order valence-electron chi connectivity index (χ2n) is 8.36. The maximum Gasteiger partial charge on any atom is 0.279 e. The van der Waals surface area contributed by atoms with Crippen LogP contribution in [0, 0.1) is 0 Å². The Morgan fingerprint density at radius 3 is 2.25 bits per heavy atom. The number of fused-ring (bicyclic) bond motifs is 1. The molecular formula is C26H30N2O4. The first-order valence-corrected chi connectivity index (χ1v) is 10.8. The molecule has 3 aromatic rings. The summed E-state index contributed by atoms with van der Waals surface area (Å²) in [7, 11) is 0. The third-order valence-electron chi connectivity index (χ3n) is 5.62. The smallest absolute Gasteiger partial charge is 0.279 e. The Kier molecular flexibility index (Phi) is 7.36. The van der Waals surface area contributed by atoms with Gasteiger partial charge < -0.3 is 9.47 Å². The van der Waals surface area contributed by atoms with E-state index in [1.165, 1.54) is 5.56 Å². The van der Waals surface area contributed by atoms with Crippen molar-refractivity contribution in [1.82, 2.24) is 10.9 Å². The summed E-state index contributed by atoms with van der Waals surface area (Å²) in [5, 5.41) is 2.11. The molecule has 0 aliphatic heterocycles. The van der Waals surface area contributed by atoms with E-state index in [1.54, 1.807) is 6.92 Å². The van der Waals surface area contributed by atoms with Crippen molar-refractivity contribution < 1.29 is 19.1 Å². The highest BCUT2D eigenvalue weighted by molar-refractivity contribution is 5.86. The summed E-state index contributed by atoms with van der Waals surface area (Å²) < 4.78 is 11.2. The summed E-state index contributed by atoms with van der Waals surface area (Å²) in [6.45, 7) is 7.92. The molecule has 0 aliphatic carbocycles. The van der Waals surface area contributed by atoms with Crippen LogP contribution < -0.4 is 20.3 Å². The number of rotatable bonds is 8. The molecule has 2 amide bonds. The van der Waals surface area contributed by atoms with E-state index in [-0.39, 0.29) is 12.0 Å². The van der Waals surface area contributed by atoms with Crippen molar-refractivity contribution >= 4 is 22.6 Å². The Balaban J connectivity index is 1.44. The maximum absolute atomic E-state index is 12.3. The predicted octanol–water partition coefficient (Wildman–Crippen LogP) is 4.52. The molecule has 32 heavy (non-hydrogen) atoms. The van der Waals surface area contributed by atoms with Gasteiger partial charge in [0.05, 0.1) is 0 Å². The van der Waals surface area contributed by atoms with Gasteiger partial charge >= 0.3 is 0 Å². The van der Waals surface area contributed by atoms with Gasteiger partial charge in [-0.2, -0.15) is 0 Å². The molecule has 0 saturated carbocycles. The summed E-state index contributed by atoms with van der Waals surface area (Å²) in [6.07, 6.45) is 0.241. The minimum absolute atomic E-state index is 0.0891. The van der Waals surface area contributed by atoms with Gasteiger partial charge in [0.2, 0.25) is 0 Å². The lowest BCUT2D eigenvalue weighted by molar-refractivity contribution is -0.133. The van der Waals surface area contributed by atoms with Crippen LogP contribution in [0.4, 0.5) is 0 Å². The zero-order chi connectivity index (χ0) is 23.1. The molecule has 0 aromatic heterocycles. The summed E-state index contributed by atoms with van der Waals surface area (Å²) in [5.74, 6) is 0.248. The van der Waals surface area contributed by atoms with Crippen molar-refractivity contribution in [2.45, 2.75) is 45.6 Å². The molecule has 0 saturated heterocycles. The van der Waals surface area contributed by atoms with Crippen molar-refractivity contribution in [1.29, 1.82) is 0 Å². The first-order chi connectivity index (χ1) is 15.3. The minimum Gasteiger partial charge on any atom is -0.484 e. The van der Waals surface area contributed by atoms with Crippen LogP contribution in [0.3, 0.4) is 0 Å². The zero-order valence-corrected chi connectivity index (χ0v) is 19.0. The number of hydrogen-bond acceptors (Lipinski definition) is 4. The van der Waals surface area contributed by atoms with Crippen LogP contribution in [-0.2, 0) is 15.0 Å². The molecule has 0 aliphatic rings. The number of benzene rings is 3. The molecule has 3 rings (SSSR count). The summed E-state index contributed by atoms with van der Waals surface area (Å²) >= 11 is 0. The molecular weight excluding hydrogens is 404 g/mol. The first kappa shape index (κ1) is 23.1. The van der Waals surface area contributed by atoms with Crippen LogP contribution in [0.25, 0.3) is 10.8 Å². The SMILES string of the molecule is CCC(C)(C)c1ccc(OCC(=O)NNC(=O)C(C)Oc2ccc3ccccc3c2)cc1. The van der Waals surface area contributed by atoms with Gasteiger partial charge in [0.1, 0.15) is 11.5 Å². The summed E-state index contributed by atoms with van der Waals surface area (Å²) in [4.78, 5) is 24.3. The highest BCUT2D eigenvalue weighted by Crippen LogP contribution is 2.28. The lowest BCUT2D eigenvalue weighted by atomic mass is 9.82. The molecule has 0 heterocycles. The topological polar surface area (TPSA) is 76.7 Å². The second-order valence-corrected chi connectivity index (χ2v) is 8.36. The van der Waals surface area contributed by atoms with Gasteiger partial charge in [0.25, 0.3) is 11.8 Å². The Morgan fingerprint density at radius 2 is 1.56 bits per heavy atom. The predicted molar refractivity (Wildman–Crippen MR) is 126 cm³/mol. The molecule has 2 N–H and O–H groups in total. The largest absolute Gasteiger partial charge is 0.484 e. The van der Waals surface area contributed by atoms with Crippen molar-refractivity contribution in [3.63, 3.8) is 0 Å². The fraction of sp³-hybridized carbons (Fsp3) is 0.308. The molecule has 168 valence electrons. The molecule has 0 radical (unpaired) electrons. The zero-order valence-electron chi connectivity index (χ0n) is 19.0. The quantitative estimate of drug-likeness (QED) is 0.511. The van der Waals surface area contributed by atoms with Crippen LogP contribution in [-0.4, -0.2) is 24.5 Å². The average Bonchev–Trinajstić information content (AvgIpc) is 2.81. The molecule has 0 spiro atoms. The number of nitrogens with one attached hydrogen (secondary N) is 2. The van der Waals surface area contributed by atoms with E-state index in [0.29, 0.717) is 11.5 Å². The Bertz CT molecular complexity index is 1080. The number of hydrazine groups is 1. The first-order valence-electron chi connectivity index (χ1n) is 10.8. The Labute approximate surface area is 188 Å². The van der Waals surface area contributed by atoms with Gasteiger partial charge in [-0.05, 0) is 59.4 Å². The van der Waals surface area contributed by atoms with Gasteiger partial charge in [-0.25, -0.2) is 0 Å². The number of ether oxygens (including phenoxy) is 2. The van der Waals surface area contributed by atoms with Crippen molar-refractivity contribution in [2.75, 3.05) is 6.61 Å². The van der Waals surface area contributed by atoms with E-state index >= 15 is 0 Å². The highest BCUT2D eigenvalue weighted by atomic mass is 16.5. The van der Waals surface area contributed by atoms with E-state index in [1.807, 2.05) is 66.7 Å². The van der Waals surface area contributed by atoms with Gasteiger partial charge in [0.15, 0.2) is 12.7 Å². The summed E-state index contributed by atoms with van der Waals surface area (Å²) in [5.41, 5.74) is 6.02. The number of carbonyl (C=O) groups is 2. The molecule has 6 heteroatoms. The van der Waals surface area contributed by atoms with E-state index < -0.39 is 17.9 Å². The van der Waals surface area contributed by atoms with Crippen LogP contribution in [0.1, 0.15) is 39.7 Å². The van der Waals surface area contributed by atoms with Gasteiger partial charge in [-0.1, -0.05) is 63.2 Å². The molecule has 0 fully saturated rings. The van der Waals surface area contributed by atoms with Crippen LogP contribution in [0.2, 0.25) is 0 Å². The molecule has 3 aromatic carbocycles. The van der Waals surface area contributed by atoms with E-state index in [0.717, 1.165) is 17.2 Å². The van der Waals surface area contributed by atoms with Crippen LogP contribution in [0.15, 0.2) is 66.7 Å². The normalized spacial score (nSPS) is 12.1. The highest BCUT2D eigenvalue weighted by Gasteiger charge is 2.18. The maximum atomic E-state index is 12.3. The molecule has 1 unspecified atom stereocenters. The lowest BCUT2D eigenvalue weighted by Gasteiger charge is -2.23. The lowest BCUT2D eigenvalue weighted by Crippen LogP contribution is -2.48. The van der Waals surface area contributed by atoms with Gasteiger partial charge in [-0.3, -0.25) is 20.4 Å². The summed E-state index contributed by atoms with van der Waals surface area (Å²) in [6, 6.07) is 21.2. The fourth-order valence-electron chi connectivity index (χ4n) is 3.12. The Hall–Kier alpha value is -3.54. The number of carbonyl (C=O) groups excluding carboxylic acids is 2. The Morgan fingerprint density at radius 1 is 0.906 bits per heavy atom. The minimum atomic E-state index is -0.785. The third-order valence-corrected chi connectivity index (χ3v) is 5.62. The van der Waals surface area contributed by atoms with Crippen molar-refractivity contribution in [3.05, 3.63) is 72.3 Å². The molecule has 6 nitrogen and oxygen atoms in total. The van der Waals surface area contributed by atoms with Gasteiger partial charge in [-0.15, -0.1) is 0 Å². The monoisotopic (exact) mass is 434 g/mol. The van der Waals surface area contributed by atoms with E-state index in [2.05, 4.69) is 31.6 Å². The van der Waals surface area contributed by atoms with Crippen LogP contribution in [0.5, 0.6) is 11.5 Å². The van der Waals surface area contributed by atoms with E-state index in [4.69, 9.17) is 9.47 Å². The molecule has 1 atom stereocenters.